The van der Waals surface area contributed by atoms with Gasteiger partial charge in [0.25, 0.3) is 11.8 Å². The molecule has 2 amide bonds. The lowest BCUT2D eigenvalue weighted by Gasteiger charge is -2.49. The van der Waals surface area contributed by atoms with Crippen molar-refractivity contribution in [3.63, 3.8) is 0 Å². The van der Waals surface area contributed by atoms with Gasteiger partial charge in [0.2, 0.25) is 0 Å². The quantitative estimate of drug-likeness (QED) is 0.0803. The van der Waals surface area contributed by atoms with Crippen molar-refractivity contribution in [1.82, 2.24) is 20.1 Å². The first kappa shape index (κ1) is 30.3. The molecule has 4 rings (SSSR count). The Bertz CT molecular complexity index is 1360. The molecule has 0 saturated carbocycles. The van der Waals surface area contributed by atoms with E-state index in [1.165, 1.54) is 28.9 Å². The smallest absolute Gasteiger partial charge is 0.352 e. The Hall–Kier alpha value is -3.68. The molecule has 1 fully saturated rings. The molecule has 1 saturated heterocycles. The molecule has 1 aromatic heterocycles. The second kappa shape index (κ2) is 12.9. The summed E-state index contributed by atoms with van der Waals surface area (Å²) < 4.78 is 0. The molecule has 3 aliphatic heterocycles. The maximum atomic E-state index is 13.1. The highest BCUT2D eigenvalue weighted by molar-refractivity contribution is 8.14. The van der Waals surface area contributed by atoms with E-state index in [4.69, 9.17) is 26.8 Å². The third-order valence-corrected chi connectivity index (χ3v) is 9.16. The molecule has 0 aliphatic carbocycles. The first-order valence-electron chi connectivity index (χ1n) is 12.2. The van der Waals surface area contributed by atoms with Crippen molar-refractivity contribution in [3.05, 3.63) is 22.3 Å². The summed E-state index contributed by atoms with van der Waals surface area (Å²) in [7, 11) is 0. The van der Waals surface area contributed by atoms with Crippen LogP contribution in [0.5, 0.6) is 0 Å². The molecule has 0 radical (unpaired) electrons. The molecule has 3 atom stereocenters. The van der Waals surface area contributed by atoms with E-state index < -0.39 is 41.3 Å². The number of nitrogens with zero attached hydrogens (tertiary/aromatic N) is 5. The first-order chi connectivity index (χ1) is 19.5. The monoisotopic (exact) mass is 625 g/mol. The Kier molecular flexibility index (Phi) is 9.51. The van der Waals surface area contributed by atoms with Crippen molar-refractivity contribution in [2.24, 2.45) is 15.9 Å². The lowest BCUT2D eigenvalue weighted by atomic mass is 10.0. The highest BCUT2D eigenvalue weighted by Gasteiger charge is 2.54. The van der Waals surface area contributed by atoms with Gasteiger partial charge in [0.15, 0.2) is 16.0 Å². The van der Waals surface area contributed by atoms with Gasteiger partial charge in [-0.25, -0.2) is 14.8 Å². The van der Waals surface area contributed by atoms with Gasteiger partial charge in [0.05, 0.1) is 12.6 Å². The predicted molar refractivity (Wildman–Crippen MR) is 154 cm³/mol. The normalized spacial score (nSPS) is 22.6. The topological polar surface area (TPSA) is 250 Å². The molecule has 0 spiro atoms. The van der Waals surface area contributed by atoms with Crippen molar-refractivity contribution >= 4 is 80.5 Å². The van der Waals surface area contributed by atoms with Gasteiger partial charge in [0, 0.05) is 29.9 Å². The van der Waals surface area contributed by atoms with Crippen LogP contribution >= 0.6 is 34.9 Å². The number of oxime groups is 1. The van der Waals surface area contributed by atoms with Gasteiger partial charge in [-0.15, -0.1) is 23.1 Å². The van der Waals surface area contributed by atoms with Crippen molar-refractivity contribution in [1.29, 1.82) is 5.41 Å². The summed E-state index contributed by atoms with van der Waals surface area (Å²) in [5.74, 6) is -3.20. The highest BCUT2D eigenvalue weighted by atomic mass is 32.2. The van der Waals surface area contributed by atoms with E-state index >= 15 is 0 Å². The van der Waals surface area contributed by atoms with Gasteiger partial charge in [-0.05, 0) is 12.5 Å². The summed E-state index contributed by atoms with van der Waals surface area (Å²) >= 11 is 3.59. The van der Waals surface area contributed by atoms with Crippen LogP contribution in [-0.4, -0.2) is 108 Å². The van der Waals surface area contributed by atoms with E-state index in [9.17, 15) is 24.3 Å². The number of aliphatic imine (C=N–C) groups is 1. The summed E-state index contributed by atoms with van der Waals surface area (Å²) in [5.41, 5.74) is 11.9. The number of hydrogen-bond donors (Lipinski definition) is 6. The average molecular weight is 626 g/mol. The minimum absolute atomic E-state index is 0.0743. The number of aliphatic carboxylic acids is 2. The second-order valence-electron chi connectivity index (χ2n) is 8.79. The number of nitrogens with two attached hydrogens (primary N) is 2. The standard InChI is InChI=1S/C22H27N9O7S3/c1-2-30-12(24)5-11(23)27-22(30)41-7-9-6-39-19-15(18(35)31(19)16(9)20(36)37)28-17(34)14(10-8-40-21(25)26-10)29-38-4-3-13(32)33/h8,12,15,19,23H,2-7,24H2,1H3,(H2,25,26)(H,28,34)(H,32,33)(H,36,37)/t12?,15?,19-/m0/s1. The Morgan fingerprint density at radius 1 is 1.37 bits per heavy atom. The Labute approximate surface area is 245 Å². The molecule has 2 unspecified atom stereocenters. The van der Waals surface area contributed by atoms with Gasteiger partial charge >= 0.3 is 11.9 Å². The number of amidine groups is 2. The van der Waals surface area contributed by atoms with Gasteiger partial charge in [-0.2, -0.15) is 0 Å². The highest BCUT2D eigenvalue weighted by Crippen LogP contribution is 2.41. The van der Waals surface area contributed by atoms with E-state index in [0.717, 1.165) is 16.2 Å². The van der Waals surface area contributed by atoms with Crippen molar-refractivity contribution in [3.8, 4) is 0 Å². The number of thiazole rings is 1. The number of anilines is 1. The predicted octanol–water partition coefficient (Wildman–Crippen LogP) is -0.264. The Balaban J connectivity index is 1.48. The molecule has 16 nitrogen and oxygen atoms in total. The number of rotatable bonds is 11. The van der Waals surface area contributed by atoms with Crippen molar-refractivity contribution in [2.45, 2.75) is 37.3 Å². The van der Waals surface area contributed by atoms with Crippen LogP contribution in [0.3, 0.4) is 0 Å². The van der Waals surface area contributed by atoms with Crippen LogP contribution in [0.4, 0.5) is 5.13 Å². The molecule has 3 aliphatic rings. The fraction of sp³-hybridized carbons (Fsp3) is 0.455. The number of carbonyl (C=O) groups excluding carboxylic acids is 2. The molecule has 8 N–H and O–H groups in total. The van der Waals surface area contributed by atoms with Crippen LogP contribution in [0.25, 0.3) is 0 Å². The lowest BCUT2D eigenvalue weighted by Crippen LogP contribution is -2.71. The number of carboxylic acids is 2. The number of hydrogen-bond acceptors (Lipinski definition) is 14. The van der Waals surface area contributed by atoms with Crippen LogP contribution < -0.4 is 16.8 Å². The van der Waals surface area contributed by atoms with Crippen LogP contribution in [0.1, 0.15) is 25.5 Å². The van der Waals surface area contributed by atoms with Crippen LogP contribution in [0.15, 0.2) is 26.8 Å². The van der Waals surface area contributed by atoms with Gasteiger partial charge < -0.3 is 36.7 Å². The number of nitrogens with one attached hydrogen (secondary N) is 2. The third kappa shape index (κ3) is 6.63. The zero-order chi connectivity index (χ0) is 29.8. The van der Waals surface area contributed by atoms with Crippen LogP contribution in [0, 0.1) is 5.41 Å². The fourth-order valence-corrected chi connectivity index (χ4v) is 7.33. The van der Waals surface area contributed by atoms with E-state index in [1.54, 1.807) is 0 Å². The fourth-order valence-electron chi connectivity index (χ4n) is 4.16. The van der Waals surface area contributed by atoms with Crippen molar-refractivity contribution < 1.29 is 34.2 Å². The van der Waals surface area contributed by atoms with Crippen molar-refractivity contribution in [2.75, 3.05) is 30.4 Å². The molecule has 19 heteroatoms. The average Bonchev–Trinajstić information content (AvgIpc) is 3.34. The lowest BCUT2D eigenvalue weighted by molar-refractivity contribution is -0.150. The SMILES string of the molecule is CCN1C(SCC2=C(C(=O)O)N3C(=O)C(NC(=O)C(=NOCCC(=O)O)c4csc(N)n4)[C@@H]3SC2)=NC(=N)CC1N. The number of carboxylic acid groups (broad SMARTS) is 2. The number of carbonyl (C=O) groups is 4. The minimum atomic E-state index is -1.28. The molecular weight excluding hydrogens is 598 g/mol. The molecule has 4 heterocycles. The molecule has 0 aromatic carbocycles. The zero-order valence-electron chi connectivity index (χ0n) is 21.6. The molecule has 220 valence electrons. The molecular formula is C22H27N9O7S3. The van der Waals surface area contributed by atoms with Crippen LogP contribution in [-0.2, 0) is 24.0 Å². The number of nitrogen functional groups attached to an aromatic ring is 1. The summed E-state index contributed by atoms with van der Waals surface area (Å²) in [6, 6.07) is -1.05. The second-order valence-corrected chi connectivity index (χ2v) is 11.7. The summed E-state index contributed by atoms with van der Waals surface area (Å²) in [5, 5.41) is 34.4. The van der Waals surface area contributed by atoms with Gasteiger partial charge in [-0.1, -0.05) is 16.9 Å². The maximum Gasteiger partial charge on any atom is 0.352 e. The Morgan fingerprint density at radius 3 is 2.76 bits per heavy atom. The molecule has 1 aromatic rings. The molecule has 41 heavy (non-hydrogen) atoms. The summed E-state index contributed by atoms with van der Waals surface area (Å²) in [6.45, 7) is 2.17. The number of β-lactam (4-membered cyclic amide) rings is 1. The number of aromatic nitrogens is 1. The minimum Gasteiger partial charge on any atom is -0.481 e. The number of amides is 2. The van der Waals surface area contributed by atoms with E-state index in [2.05, 4.69) is 20.4 Å². The Morgan fingerprint density at radius 2 is 2.12 bits per heavy atom. The van der Waals surface area contributed by atoms with Gasteiger partial charge in [0.1, 0.15) is 35.2 Å². The largest absolute Gasteiger partial charge is 0.481 e. The third-order valence-electron chi connectivity index (χ3n) is 6.07. The van der Waals surface area contributed by atoms with Crippen LogP contribution in [0.2, 0.25) is 0 Å². The summed E-state index contributed by atoms with van der Waals surface area (Å²) in [4.78, 5) is 65.4. The zero-order valence-corrected chi connectivity index (χ0v) is 24.1. The van der Waals surface area contributed by atoms with E-state index in [0.29, 0.717) is 23.7 Å². The molecule has 0 bridgehead atoms. The first-order valence-corrected chi connectivity index (χ1v) is 15.1. The maximum absolute atomic E-state index is 13.1. The van der Waals surface area contributed by atoms with E-state index in [1.807, 2.05) is 11.8 Å². The summed E-state index contributed by atoms with van der Waals surface area (Å²) in [6.07, 6.45) is -0.440. The van der Waals surface area contributed by atoms with Gasteiger partial charge in [-0.3, -0.25) is 24.7 Å². The van der Waals surface area contributed by atoms with E-state index in [-0.39, 0.29) is 52.6 Å². The number of thioether (sulfide) groups is 2. The number of fused-ring (bicyclic) bond motifs is 1.